The fraction of sp³-hybridized carbons (Fsp3) is 0.931. The van der Waals surface area contributed by atoms with Crippen molar-refractivity contribution in [2.24, 2.45) is 51.8 Å². The average molecular weight is 415 g/mol. The van der Waals surface area contributed by atoms with Gasteiger partial charge in [0.2, 0.25) is 0 Å². The summed E-state index contributed by atoms with van der Waals surface area (Å²) in [5, 5.41) is 10.3. The molecule has 0 aromatic rings. The number of allylic oxidation sites excluding steroid dienone is 2. The smallest absolute Gasteiger partial charge is 0.0543 e. The standard InChI is InChI=1S/C29H50O/c1-19(2)20(3)8-9-21(4)24-13-16-29(7)26-11-10-22-18-23(30)12-15-27(22,5)25(26)14-17-28(24,29)6/h11,19-25,30H,8-10,12-18H2,1-7H3/t20-,21-,22+,23+,24-,25+,27+,28-,29+/m1/s1. The van der Waals surface area contributed by atoms with Crippen LogP contribution in [0.4, 0.5) is 0 Å². The van der Waals surface area contributed by atoms with E-state index in [4.69, 9.17) is 0 Å². The van der Waals surface area contributed by atoms with Crippen LogP contribution in [0.25, 0.3) is 0 Å². The predicted molar refractivity (Wildman–Crippen MR) is 128 cm³/mol. The van der Waals surface area contributed by atoms with Crippen molar-refractivity contribution in [2.75, 3.05) is 0 Å². The van der Waals surface area contributed by atoms with E-state index in [0.29, 0.717) is 22.2 Å². The molecule has 0 heterocycles. The highest BCUT2D eigenvalue weighted by atomic mass is 16.3. The largest absolute Gasteiger partial charge is 0.393 e. The molecule has 1 N–H and O–H groups in total. The molecule has 0 aromatic carbocycles. The Morgan fingerprint density at radius 2 is 1.70 bits per heavy atom. The van der Waals surface area contributed by atoms with E-state index in [9.17, 15) is 5.11 Å². The van der Waals surface area contributed by atoms with Crippen molar-refractivity contribution in [3.8, 4) is 0 Å². The molecule has 0 radical (unpaired) electrons. The Bertz CT molecular complexity index is 663. The molecule has 4 aliphatic rings. The van der Waals surface area contributed by atoms with E-state index in [1.54, 1.807) is 0 Å². The summed E-state index contributed by atoms with van der Waals surface area (Å²) in [6.07, 6.45) is 15.6. The van der Waals surface area contributed by atoms with Gasteiger partial charge in [0.1, 0.15) is 0 Å². The van der Waals surface area contributed by atoms with Crippen LogP contribution >= 0.6 is 0 Å². The molecule has 172 valence electrons. The van der Waals surface area contributed by atoms with E-state index in [1.807, 2.05) is 5.57 Å². The summed E-state index contributed by atoms with van der Waals surface area (Å²) in [7, 11) is 0. The molecule has 0 amide bonds. The van der Waals surface area contributed by atoms with Crippen LogP contribution in [-0.4, -0.2) is 11.2 Å². The zero-order chi connectivity index (χ0) is 21.9. The molecule has 30 heavy (non-hydrogen) atoms. The minimum absolute atomic E-state index is 0.0487. The third-order valence-corrected chi connectivity index (χ3v) is 11.8. The normalized spacial score (nSPS) is 47.8. The third-order valence-electron chi connectivity index (χ3n) is 11.8. The lowest BCUT2D eigenvalue weighted by molar-refractivity contribution is -0.0630. The number of hydrogen-bond donors (Lipinski definition) is 1. The molecule has 0 aromatic heterocycles. The summed E-state index contributed by atoms with van der Waals surface area (Å²) >= 11 is 0. The van der Waals surface area contributed by atoms with Crippen LogP contribution in [0.2, 0.25) is 0 Å². The third kappa shape index (κ3) is 3.36. The molecule has 3 fully saturated rings. The van der Waals surface area contributed by atoms with Crippen LogP contribution < -0.4 is 0 Å². The Balaban J connectivity index is 1.55. The Labute approximate surface area is 187 Å². The van der Waals surface area contributed by atoms with Gasteiger partial charge in [-0.15, -0.1) is 0 Å². The van der Waals surface area contributed by atoms with Gasteiger partial charge in [-0.05, 0) is 103 Å². The lowest BCUT2D eigenvalue weighted by Crippen LogP contribution is -2.53. The summed E-state index contributed by atoms with van der Waals surface area (Å²) in [5.74, 6) is 4.89. The van der Waals surface area contributed by atoms with Gasteiger partial charge in [0, 0.05) is 0 Å². The predicted octanol–water partition coefficient (Wildman–Crippen LogP) is 8.02. The highest BCUT2D eigenvalue weighted by Gasteiger charge is 2.63. The Morgan fingerprint density at radius 3 is 2.40 bits per heavy atom. The second-order valence-electron chi connectivity index (χ2n) is 13.3. The van der Waals surface area contributed by atoms with Crippen LogP contribution in [0.5, 0.6) is 0 Å². The summed E-state index contributed by atoms with van der Waals surface area (Å²) in [4.78, 5) is 0. The van der Waals surface area contributed by atoms with E-state index in [2.05, 4.69) is 54.5 Å². The fourth-order valence-corrected chi connectivity index (χ4v) is 8.89. The Hall–Kier alpha value is -0.300. The molecule has 0 bridgehead atoms. The summed E-state index contributed by atoms with van der Waals surface area (Å²) in [5.41, 5.74) is 3.18. The van der Waals surface area contributed by atoms with E-state index < -0.39 is 0 Å². The van der Waals surface area contributed by atoms with E-state index in [-0.39, 0.29) is 6.10 Å². The molecule has 0 unspecified atom stereocenters. The van der Waals surface area contributed by atoms with Gasteiger partial charge in [0.15, 0.2) is 0 Å². The second-order valence-corrected chi connectivity index (χ2v) is 13.3. The molecule has 0 spiro atoms. The molecule has 3 saturated carbocycles. The lowest BCUT2D eigenvalue weighted by atomic mass is 9.43. The SMILES string of the molecule is CC(C)[C@H](C)CC[C@@H](C)[C@H]1CC[C@@]2(C)C3=CC[C@H]4C[C@@H](O)CC[C@]4(C)[C@H]3CC[C@]12C. The first-order valence-corrected chi connectivity index (χ1v) is 13.4. The van der Waals surface area contributed by atoms with Crippen molar-refractivity contribution in [1.29, 1.82) is 0 Å². The van der Waals surface area contributed by atoms with Crippen LogP contribution in [0, 0.1) is 51.8 Å². The van der Waals surface area contributed by atoms with Crippen LogP contribution in [0.1, 0.15) is 113 Å². The summed E-state index contributed by atoms with van der Waals surface area (Å²) < 4.78 is 0. The van der Waals surface area contributed by atoms with Crippen molar-refractivity contribution < 1.29 is 5.11 Å². The van der Waals surface area contributed by atoms with Gasteiger partial charge >= 0.3 is 0 Å². The average Bonchev–Trinajstić information content (AvgIpc) is 2.97. The van der Waals surface area contributed by atoms with Gasteiger partial charge in [-0.25, -0.2) is 0 Å². The van der Waals surface area contributed by atoms with Gasteiger partial charge < -0.3 is 5.11 Å². The molecule has 0 saturated heterocycles. The van der Waals surface area contributed by atoms with Gasteiger partial charge in [0.05, 0.1) is 6.10 Å². The highest BCUT2D eigenvalue weighted by molar-refractivity contribution is 5.32. The molecule has 0 aliphatic heterocycles. The Kier molecular flexibility index (Phi) is 6.05. The maximum atomic E-state index is 10.3. The molecular formula is C29H50O. The van der Waals surface area contributed by atoms with Gasteiger partial charge in [0.25, 0.3) is 0 Å². The summed E-state index contributed by atoms with van der Waals surface area (Å²) in [6.45, 7) is 17.7. The molecular weight excluding hydrogens is 364 g/mol. The maximum Gasteiger partial charge on any atom is 0.0543 e. The van der Waals surface area contributed by atoms with E-state index in [0.717, 1.165) is 42.4 Å². The summed E-state index contributed by atoms with van der Waals surface area (Å²) in [6, 6.07) is 0. The molecule has 9 atom stereocenters. The van der Waals surface area contributed by atoms with Crippen molar-refractivity contribution >= 4 is 0 Å². The molecule has 4 rings (SSSR count). The first kappa shape index (κ1) is 22.9. The zero-order valence-electron chi connectivity index (χ0n) is 21.1. The topological polar surface area (TPSA) is 20.2 Å². The number of hydrogen-bond acceptors (Lipinski definition) is 1. The number of rotatable bonds is 5. The van der Waals surface area contributed by atoms with Crippen LogP contribution in [-0.2, 0) is 0 Å². The minimum atomic E-state index is -0.0487. The van der Waals surface area contributed by atoms with Gasteiger partial charge in [-0.3, -0.25) is 0 Å². The minimum Gasteiger partial charge on any atom is -0.393 e. The quantitative estimate of drug-likeness (QED) is 0.451. The van der Waals surface area contributed by atoms with Crippen LogP contribution in [0.3, 0.4) is 0 Å². The second kappa shape index (κ2) is 7.93. The van der Waals surface area contributed by atoms with Crippen molar-refractivity contribution in [1.82, 2.24) is 0 Å². The van der Waals surface area contributed by atoms with Gasteiger partial charge in [-0.1, -0.05) is 73.0 Å². The van der Waals surface area contributed by atoms with Crippen molar-refractivity contribution in [3.63, 3.8) is 0 Å². The maximum absolute atomic E-state index is 10.3. The number of aliphatic hydroxyl groups excluding tert-OH is 1. The molecule has 1 heteroatoms. The van der Waals surface area contributed by atoms with Crippen LogP contribution in [0.15, 0.2) is 11.6 Å². The van der Waals surface area contributed by atoms with E-state index >= 15 is 0 Å². The first-order chi connectivity index (χ1) is 14.0. The Morgan fingerprint density at radius 1 is 0.967 bits per heavy atom. The van der Waals surface area contributed by atoms with Crippen molar-refractivity contribution in [2.45, 2.75) is 119 Å². The lowest BCUT2D eigenvalue weighted by Gasteiger charge is -2.61. The zero-order valence-corrected chi connectivity index (χ0v) is 21.1. The highest BCUT2D eigenvalue weighted by Crippen LogP contribution is 2.72. The van der Waals surface area contributed by atoms with Crippen molar-refractivity contribution in [3.05, 3.63) is 11.6 Å². The fourth-order valence-electron chi connectivity index (χ4n) is 8.89. The number of fused-ring (bicyclic) bond motifs is 5. The molecule has 4 aliphatic carbocycles. The van der Waals surface area contributed by atoms with E-state index in [1.165, 1.54) is 51.4 Å². The monoisotopic (exact) mass is 414 g/mol. The van der Waals surface area contributed by atoms with Gasteiger partial charge in [-0.2, -0.15) is 0 Å². The first-order valence-electron chi connectivity index (χ1n) is 13.4. The molecule has 1 nitrogen and oxygen atoms in total. The number of aliphatic hydroxyl groups is 1.